The largest absolute Gasteiger partial charge is 0.495 e. The molecule has 0 amide bonds. The minimum absolute atomic E-state index is 0.0191. The molecule has 0 unspecified atom stereocenters. The molecule has 7 heteroatoms. The first-order chi connectivity index (χ1) is 14.0. The third-order valence-corrected chi connectivity index (χ3v) is 6.39. The second-order valence-corrected chi connectivity index (χ2v) is 8.53. The summed E-state index contributed by atoms with van der Waals surface area (Å²) < 4.78 is 37.6. The highest BCUT2D eigenvalue weighted by Gasteiger charge is 2.22. The first kappa shape index (κ1) is 19.2. The maximum Gasteiger partial charge on any atom is 0.239 e. The Bertz CT molecular complexity index is 1360. The molecule has 4 rings (SSSR count). The molecule has 0 radical (unpaired) electrons. The minimum Gasteiger partial charge on any atom is -0.495 e. The van der Waals surface area contributed by atoms with E-state index in [-0.39, 0.29) is 15.3 Å². The Kier molecular flexibility index (Phi) is 5.13. The molecule has 0 bridgehead atoms. The fraction of sp³-hybridized carbons (Fsp3) is 0.0455. The summed E-state index contributed by atoms with van der Waals surface area (Å²) in [5, 5.41) is 1.02. The Morgan fingerprint density at radius 3 is 2.38 bits per heavy atom. The molecule has 0 N–H and O–H groups in total. The average molecular weight is 426 g/mol. The lowest BCUT2D eigenvalue weighted by molar-refractivity contribution is 0.415. The zero-order valence-corrected chi connectivity index (χ0v) is 16.9. The van der Waals surface area contributed by atoms with Crippen LogP contribution in [0.25, 0.3) is 11.0 Å². The van der Waals surface area contributed by atoms with Gasteiger partial charge >= 0.3 is 0 Å². The number of benzene rings is 3. The second kappa shape index (κ2) is 7.73. The third kappa shape index (κ3) is 3.77. The fourth-order valence-electron chi connectivity index (χ4n) is 2.89. The normalized spacial score (nSPS) is 12.3. The van der Waals surface area contributed by atoms with Gasteiger partial charge in [0.05, 0.1) is 22.7 Å². The SMILES string of the molecule is COc1ccc(N=c2oc3ccccc3cc2S(=O)(=O)c2ccccc2)cc1Cl. The molecule has 29 heavy (non-hydrogen) atoms. The lowest BCUT2D eigenvalue weighted by atomic mass is 10.2. The highest BCUT2D eigenvalue weighted by atomic mass is 35.5. The number of halogens is 1. The summed E-state index contributed by atoms with van der Waals surface area (Å²) in [5.74, 6) is 0.498. The van der Waals surface area contributed by atoms with Crippen molar-refractivity contribution in [3.05, 3.63) is 89.4 Å². The maximum absolute atomic E-state index is 13.3. The van der Waals surface area contributed by atoms with Crippen LogP contribution in [-0.4, -0.2) is 15.5 Å². The molecular formula is C22H16ClNO4S. The summed E-state index contributed by atoms with van der Waals surface area (Å²) in [6.07, 6.45) is 0. The molecule has 0 aliphatic carbocycles. The smallest absolute Gasteiger partial charge is 0.239 e. The first-order valence-electron chi connectivity index (χ1n) is 8.70. The van der Waals surface area contributed by atoms with Gasteiger partial charge in [0.15, 0.2) is 0 Å². The molecule has 0 aliphatic rings. The van der Waals surface area contributed by atoms with Crippen LogP contribution in [0.3, 0.4) is 0 Å². The number of hydrogen-bond acceptors (Lipinski definition) is 5. The van der Waals surface area contributed by atoms with Gasteiger partial charge in [0.2, 0.25) is 15.4 Å². The van der Waals surface area contributed by atoms with Crippen molar-refractivity contribution in [2.45, 2.75) is 9.79 Å². The summed E-state index contributed by atoms with van der Waals surface area (Å²) in [7, 11) is -2.33. The molecule has 1 aromatic heterocycles. The van der Waals surface area contributed by atoms with Gasteiger partial charge in [-0.1, -0.05) is 48.0 Å². The summed E-state index contributed by atoms with van der Waals surface area (Å²) in [4.78, 5) is 4.58. The van der Waals surface area contributed by atoms with E-state index in [4.69, 9.17) is 20.8 Å². The summed E-state index contributed by atoms with van der Waals surface area (Å²) in [6, 6.07) is 21.9. The molecule has 5 nitrogen and oxygen atoms in total. The zero-order chi connectivity index (χ0) is 20.4. The second-order valence-electron chi connectivity index (χ2n) is 6.20. The van der Waals surface area contributed by atoms with Gasteiger partial charge in [0, 0.05) is 5.39 Å². The zero-order valence-electron chi connectivity index (χ0n) is 15.4. The summed E-state index contributed by atoms with van der Waals surface area (Å²) in [5.41, 5.74) is 0.950. The third-order valence-electron chi connectivity index (χ3n) is 4.33. The van der Waals surface area contributed by atoms with Crippen LogP contribution in [0.1, 0.15) is 0 Å². The highest BCUT2D eigenvalue weighted by Crippen LogP contribution is 2.29. The molecule has 0 atom stereocenters. The van der Waals surface area contributed by atoms with E-state index in [9.17, 15) is 8.42 Å². The number of sulfone groups is 1. The van der Waals surface area contributed by atoms with E-state index in [0.29, 0.717) is 27.4 Å². The minimum atomic E-state index is -3.85. The molecule has 0 saturated heterocycles. The Labute approximate surface area is 172 Å². The van der Waals surface area contributed by atoms with Crippen molar-refractivity contribution in [1.29, 1.82) is 0 Å². The van der Waals surface area contributed by atoms with E-state index >= 15 is 0 Å². The van der Waals surface area contributed by atoms with Crippen LogP contribution in [-0.2, 0) is 9.84 Å². The van der Waals surface area contributed by atoms with Crippen LogP contribution in [0.4, 0.5) is 5.69 Å². The summed E-state index contributed by atoms with van der Waals surface area (Å²) in [6.45, 7) is 0. The van der Waals surface area contributed by atoms with Gasteiger partial charge in [0.1, 0.15) is 16.2 Å². The van der Waals surface area contributed by atoms with Crippen LogP contribution in [0.15, 0.2) is 98.1 Å². The Balaban J connectivity index is 2.00. The van der Waals surface area contributed by atoms with Gasteiger partial charge in [-0.3, -0.25) is 0 Å². The molecule has 1 heterocycles. The van der Waals surface area contributed by atoms with E-state index in [1.165, 1.54) is 7.11 Å². The molecule has 0 saturated carbocycles. The Morgan fingerprint density at radius 2 is 1.66 bits per heavy atom. The van der Waals surface area contributed by atoms with Gasteiger partial charge in [-0.2, -0.15) is 0 Å². The van der Waals surface area contributed by atoms with E-state index in [1.807, 2.05) is 12.1 Å². The van der Waals surface area contributed by atoms with Crippen LogP contribution in [0.2, 0.25) is 5.02 Å². The van der Waals surface area contributed by atoms with E-state index in [2.05, 4.69) is 4.99 Å². The lowest BCUT2D eigenvalue weighted by Crippen LogP contribution is -2.15. The number of methoxy groups -OCH3 is 1. The van der Waals surface area contributed by atoms with E-state index < -0.39 is 9.84 Å². The first-order valence-corrected chi connectivity index (χ1v) is 10.6. The van der Waals surface area contributed by atoms with E-state index in [0.717, 1.165) is 0 Å². The Morgan fingerprint density at radius 1 is 0.931 bits per heavy atom. The predicted octanol–water partition coefficient (Wildman–Crippen LogP) is 5.16. The van der Waals surface area contributed by atoms with Crippen molar-refractivity contribution in [2.24, 2.45) is 4.99 Å². The van der Waals surface area contributed by atoms with Crippen molar-refractivity contribution < 1.29 is 17.6 Å². The molecule has 0 aliphatic heterocycles. The quantitative estimate of drug-likeness (QED) is 0.453. The van der Waals surface area contributed by atoms with Gasteiger partial charge in [-0.15, -0.1) is 0 Å². The number of rotatable bonds is 4. The van der Waals surface area contributed by atoms with Crippen LogP contribution < -0.4 is 10.3 Å². The molecule has 0 spiro atoms. The van der Waals surface area contributed by atoms with Crippen LogP contribution in [0, 0.1) is 0 Å². The van der Waals surface area contributed by atoms with Gasteiger partial charge in [-0.25, -0.2) is 13.4 Å². The Hall–Kier alpha value is -3.09. The van der Waals surface area contributed by atoms with Crippen LogP contribution >= 0.6 is 11.6 Å². The lowest BCUT2D eigenvalue weighted by Gasteiger charge is -2.07. The molecule has 146 valence electrons. The number of ether oxygens (including phenoxy) is 1. The predicted molar refractivity (Wildman–Crippen MR) is 111 cm³/mol. The number of fused-ring (bicyclic) bond motifs is 1. The van der Waals surface area contributed by atoms with E-state index in [1.54, 1.807) is 66.7 Å². The maximum atomic E-state index is 13.3. The van der Waals surface area contributed by atoms with Crippen molar-refractivity contribution in [1.82, 2.24) is 0 Å². The van der Waals surface area contributed by atoms with Crippen LogP contribution in [0.5, 0.6) is 5.75 Å². The molecule has 0 fully saturated rings. The monoisotopic (exact) mass is 425 g/mol. The molecule has 3 aromatic carbocycles. The average Bonchev–Trinajstić information content (AvgIpc) is 2.74. The van der Waals surface area contributed by atoms with Gasteiger partial charge < -0.3 is 9.15 Å². The van der Waals surface area contributed by atoms with Crippen molar-refractivity contribution in [2.75, 3.05) is 7.11 Å². The fourth-order valence-corrected chi connectivity index (χ4v) is 4.51. The van der Waals surface area contributed by atoms with Crippen molar-refractivity contribution in [3.63, 3.8) is 0 Å². The molecular weight excluding hydrogens is 410 g/mol. The number of hydrogen-bond donors (Lipinski definition) is 0. The summed E-state index contributed by atoms with van der Waals surface area (Å²) >= 11 is 6.18. The number of nitrogens with zero attached hydrogens (tertiary/aromatic N) is 1. The van der Waals surface area contributed by atoms with Gasteiger partial charge in [0.25, 0.3) is 0 Å². The number of para-hydroxylation sites is 1. The topological polar surface area (TPSA) is 68.9 Å². The van der Waals surface area contributed by atoms with Gasteiger partial charge in [-0.05, 0) is 42.5 Å². The molecule has 4 aromatic rings. The highest BCUT2D eigenvalue weighted by molar-refractivity contribution is 7.91. The van der Waals surface area contributed by atoms with Crippen molar-refractivity contribution in [3.8, 4) is 5.75 Å². The standard InChI is InChI=1S/C22H16ClNO4S/c1-27-20-12-11-16(14-18(20)23)24-22-21(13-15-7-5-6-10-19(15)28-22)29(25,26)17-8-3-2-4-9-17/h2-14H,1H3. The van der Waals surface area contributed by atoms with Crippen molar-refractivity contribution >= 4 is 38.1 Å².